The SMILES string of the molecule is O=C(O)c1cc2c([nH]1)NC(CN1CC=C(c3nccc(OCc4ccc(Cl)cc4F)n3)CC1)N2C[C@@H]1CCO1. The number of anilines is 2. The zero-order chi connectivity index (χ0) is 26.9. The van der Waals surface area contributed by atoms with Crippen molar-refractivity contribution < 1.29 is 23.8 Å². The molecule has 1 saturated heterocycles. The van der Waals surface area contributed by atoms with E-state index in [1.165, 1.54) is 6.07 Å². The number of hydrogen-bond donors (Lipinski definition) is 3. The molecule has 12 heteroatoms. The molecule has 3 N–H and O–H groups in total. The van der Waals surface area contributed by atoms with Gasteiger partial charge in [-0.2, -0.15) is 4.98 Å². The maximum absolute atomic E-state index is 14.1. The van der Waals surface area contributed by atoms with Gasteiger partial charge in [-0.15, -0.1) is 0 Å². The fourth-order valence-electron chi connectivity index (χ4n) is 5.02. The van der Waals surface area contributed by atoms with Crippen molar-refractivity contribution in [1.29, 1.82) is 0 Å². The third-order valence-corrected chi connectivity index (χ3v) is 7.48. The van der Waals surface area contributed by atoms with Crippen molar-refractivity contribution in [3.63, 3.8) is 0 Å². The van der Waals surface area contributed by atoms with Gasteiger partial charge in [-0.1, -0.05) is 23.7 Å². The first-order valence-electron chi connectivity index (χ1n) is 12.9. The van der Waals surface area contributed by atoms with E-state index in [0.29, 0.717) is 28.8 Å². The number of carboxylic acids is 1. The van der Waals surface area contributed by atoms with Gasteiger partial charge in [0.2, 0.25) is 5.88 Å². The fraction of sp³-hybridized carbons (Fsp3) is 0.370. The monoisotopic (exact) mass is 554 g/mol. The normalized spacial score (nSPS) is 20.7. The number of nitrogens with one attached hydrogen (secondary N) is 2. The number of aromatic nitrogens is 3. The highest BCUT2D eigenvalue weighted by molar-refractivity contribution is 6.30. The molecule has 204 valence electrons. The number of nitrogens with zero attached hydrogens (tertiary/aromatic N) is 4. The van der Waals surface area contributed by atoms with Crippen LogP contribution in [0.25, 0.3) is 5.57 Å². The lowest BCUT2D eigenvalue weighted by Gasteiger charge is -2.37. The lowest BCUT2D eigenvalue weighted by atomic mass is 10.1. The Labute approximate surface area is 229 Å². The maximum Gasteiger partial charge on any atom is 0.352 e. The highest BCUT2D eigenvalue weighted by atomic mass is 35.5. The predicted molar refractivity (Wildman–Crippen MR) is 144 cm³/mol. The van der Waals surface area contributed by atoms with Crippen LogP contribution in [0.15, 0.2) is 42.6 Å². The molecule has 0 saturated carbocycles. The molecule has 10 nitrogen and oxygen atoms in total. The van der Waals surface area contributed by atoms with Gasteiger partial charge in [-0.25, -0.2) is 14.2 Å². The Balaban J connectivity index is 1.08. The van der Waals surface area contributed by atoms with Gasteiger partial charge >= 0.3 is 5.97 Å². The number of halogens is 2. The number of carbonyl (C=O) groups is 1. The lowest BCUT2D eigenvalue weighted by Crippen LogP contribution is -2.50. The molecular formula is C27H28ClFN6O4. The summed E-state index contributed by atoms with van der Waals surface area (Å²) in [5, 5.41) is 13.2. The summed E-state index contributed by atoms with van der Waals surface area (Å²) in [4.78, 5) is 27.9. The summed E-state index contributed by atoms with van der Waals surface area (Å²) in [6.07, 6.45) is 5.68. The lowest BCUT2D eigenvalue weighted by molar-refractivity contribution is -0.0451. The number of H-pyrrole nitrogens is 1. The topological polar surface area (TPSA) is 116 Å². The van der Waals surface area contributed by atoms with Gasteiger partial charge in [-0.05, 0) is 36.6 Å². The first-order valence-corrected chi connectivity index (χ1v) is 13.2. The Kier molecular flexibility index (Phi) is 7.11. The van der Waals surface area contributed by atoms with Crippen molar-refractivity contribution in [1.82, 2.24) is 19.9 Å². The number of hydrogen-bond acceptors (Lipinski definition) is 8. The first-order chi connectivity index (χ1) is 18.9. The van der Waals surface area contributed by atoms with Crippen molar-refractivity contribution in [3.8, 4) is 5.88 Å². The number of fused-ring (bicyclic) bond motifs is 1. The highest BCUT2D eigenvalue weighted by Crippen LogP contribution is 2.37. The average molecular weight is 555 g/mol. The third kappa shape index (κ3) is 5.56. The summed E-state index contributed by atoms with van der Waals surface area (Å²) in [5.74, 6) is 0.307. The van der Waals surface area contributed by atoms with Gasteiger partial charge in [-0.3, -0.25) is 4.90 Å². The van der Waals surface area contributed by atoms with Gasteiger partial charge in [0.25, 0.3) is 0 Å². The second kappa shape index (κ2) is 10.8. The molecule has 6 rings (SSSR count). The number of benzene rings is 1. The van der Waals surface area contributed by atoms with Gasteiger partial charge in [0, 0.05) is 55.6 Å². The Morgan fingerprint density at radius 1 is 1.28 bits per heavy atom. The van der Waals surface area contributed by atoms with Crippen molar-refractivity contribution in [3.05, 3.63) is 70.5 Å². The molecule has 1 aromatic carbocycles. The van der Waals surface area contributed by atoms with E-state index in [1.807, 2.05) is 0 Å². The van der Waals surface area contributed by atoms with E-state index < -0.39 is 11.8 Å². The summed E-state index contributed by atoms with van der Waals surface area (Å²) in [5.41, 5.74) is 2.46. The van der Waals surface area contributed by atoms with Crippen LogP contribution in [0.1, 0.15) is 34.7 Å². The molecule has 0 bridgehead atoms. The van der Waals surface area contributed by atoms with Crippen molar-refractivity contribution in [2.24, 2.45) is 0 Å². The molecule has 2 atom stereocenters. The molecular weight excluding hydrogens is 527 g/mol. The predicted octanol–water partition coefficient (Wildman–Crippen LogP) is 4.01. The Bertz CT molecular complexity index is 1410. The molecule has 0 spiro atoms. The van der Waals surface area contributed by atoms with Gasteiger partial charge in [0.15, 0.2) is 5.82 Å². The van der Waals surface area contributed by atoms with E-state index in [-0.39, 0.29) is 24.6 Å². The molecule has 1 unspecified atom stereocenters. The molecule has 3 aliphatic rings. The number of aromatic amines is 1. The standard InChI is InChI=1S/C27H28ClFN6O4/c28-18-2-1-17(20(29)11-18)15-39-24-3-7-30-25(33-24)16-4-8-34(9-5-16)14-23-32-26-22(12-21(31-26)27(36)37)35(23)13-19-6-10-38-19/h1-4,7,11-12,19,23,31-32H,5-6,8-10,13-15H2,(H,36,37)/t19-,23?/m0/s1. The molecule has 2 aromatic heterocycles. The summed E-state index contributed by atoms with van der Waals surface area (Å²) in [6.45, 7) is 3.80. The minimum Gasteiger partial charge on any atom is -0.477 e. The van der Waals surface area contributed by atoms with Crippen LogP contribution < -0.4 is 15.0 Å². The molecule has 3 aliphatic heterocycles. The number of ether oxygens (including phenoxy) is 2. The van der Waals surface area contributed by atoms with Crippen molar-refractivity contribution in [2.45, 2.75) is 31.7 Å². The molecule has 5 heterocycles. The largest absolute Gasteiger partial charge is 0.477 e. The minimum absolute atomic E-state index is 0.00511. The smallest absolute Gasteiger partial charge is 0.352 e. The zero-order valence-electron chi connectivity index (χ0n) is 21.1. The molecule has 3 aromatic rings. The van der Waals surface area contributed by atoms with Crippen LogP contribution in [0.3, 0.4) is 0 Å². The molecule has 0 radical (unpaired) electrons. The second-order valence-corrected chi connectivity index (χ2v) is 10.3. The summed E-state index contributed by atoms with van der Waals surface area (Å²) in [7, 11) is 0. The first kappa shape index (κ1) is 25.6. The summed E-state index contributed by atoms with van der Waals surface area (Å²) < 4.78 is 25.5. The van der Waals surface area contributed by atoms with Crippen LogP contribution in [-0.4, -0.2) is 76.0 Å². The van der Waals surface area contributed by atoms with Crippen molar-refractivity contribution in [2.75, 3.05) is 43.0 Å². The third-order valence-electron chi connectivity index (χ3n) is 7.25. The minimum atomic E-state index is -0.981. The number of rotatable bonds is 9. The Hall–Kier alpha value is -3.67. The number of aromatic carboxylic acids is 1. The van der Waals surface area contributed by atoms with Crippen molar-refractivity contribution >= 4 is 34.6 Å². The van der Waals surface area contributed by atoms with E-state index in [4.69, 9.17) is 21.1 Å². The maximum atomic E-state index is 14.1. The Morgan fingerprint density at radius 3 is 2.87 bits per heavy atom. The van der Waals surface area contributed by atoms with Crippen LogP contribution in [0, 0.1) is 5.82 Å². The fourth-order valence-corrected chi connectivity index (χ4v) is 5.18. The van der Waals surface area contributed by atoms with Crippen LogP contribution in [0.5, 0.6) is 5.88 Å². The molecule has 39 heavy (non-hydrogen) atoms. The van der Waals surface area contributed by atoms with E-state index in [9.17, 15) is 14.3 Å². The van der Waals surface area contributed by atoms with Crippen LogP contribution in [0.2, 0.25) is 5.02 Å². The highest BCUT2D eigenvalue weighted by Gasteiger charge is 2.36. The van der Waals surface area contributed by atoms with Gasteiger partial charge in [0.1, 0.15) is 30.1 Å². The molecule has 0 amide bonds. The summed E-state index contributed by atoms with van der Waals surface area (Å²) in [6, 6.07) is 7.82. The molecule has 1 fully saturated rings. The van der Waals surface area contributed by atoms with Crippen LogP contribution >= 0.6 is 11.6 Å². The van der Waals surface area contributed by atoms with Crippen LogP contribution in [0.4, 0.5) is 15.9 Å². The average Bonchev–Trinajstić information content (AvgIpc) is 3.45. The quantitative estimate of drug-likeness (QED) is 0.361. The van der Waals surface area contributed by atoms with E-state index >= 15 is 0 Å². The van der Waals surface area contributed by atoms with E-state index in [2.05, 4.69) is 36.1 Å². The van der Waals surface area contributed by atoms with Gasteiger partial charge in [0.05, 0.1) is 11.8 Å². The van der Waals surface area contributed by atoms with E-state index in [0.717, 1.165) is 56.2 Å². The molecule has 0 aliphatic carbocycles. The zero-order valence-corrected chi connectivity index (χ0v) is 21.8. The van der Waals surface area contributed by atoms with Gasteiger partial charge < -0.3 is 29.8 Å². The van der Waals surface area contributed by atoms with E-state index in [1.54, 1.807) is 30.5 Å². The summed E-state index contributed by atoms with van der Waals surface area (Å²) >= 11 is 5.82. The second-order valence-electron chi connectivity index (χ2n) is 9.82. The van der Waals surface area contributed by atoms with Crippen LogP contribution in [-0.2, 0) is 11.3 Å². The number of carboxylic acid groups (broad SMARTS) is 1. The Morgan fingerprint density at radius 2 is 2.15 bits per heavy atom.